The van der Waals surface area contributed by atoms with Gasteiger partial charge in [-0.2, -0.15) is 0 Å². The highest BCUT2D eigenvalue weighted by atomic mass is 35.5. The monoisotopic (exact) mass is 399 g/mol. The second-order valence-corrected chi connectivity index (χ2v) is 6.44. The summed E-state index contributed by atoms with van der Waals surface area (Å²) < 4.78 is 38.3. The van der Waals surface area contributed by atoms with E-state index >= 15 is 0 Å². The summed E-state index contributed by atoms with van der Waals surface area (Å²) >= 11 is 5.73. The molecule has 1 heterocycles. The predicted octanol–water partition coefficient (Wildman–Crippen LogP) is 4.11. The van der Waals surface area contributed by atoms with Crippen LogP contribution in [-0.2, 0) is 16.0 Å². The molecule has 0 fully saturated rings. The molecule has 27 heavy (non-hydrogen) atoms. The number of esters is 1. The minimum atomic E-state index is -1.22. The summed E-state index contributed by atoms with van der Waals surface area (Å²) in [6.45, 7) is 4.46. The van der Waals surface area contributed by atoms with Crippen molar-refractivity contribution in [3.8, 4) is 0 Å². The Hall–Kier alpha value is -2.25. The SMILES string of the molecule is COCCCn1c(C)cc(C(=O)COC(=O)c2cc(F)c(F)cc2Cl)c1C. The number of methoxy groups -OCH3 is 1. The number of nitrogens with zero attached hydrogens (tertiary/aromatic N) is 1. The van der Waals surface area contributed by atoms with Crippen molar-refractivity contribution < 1.29 is 27.8 Å². The van der Waals surface area contributed by atoms with Gasteiger partial charge in [-0.25, -0.2) is 13.6 Å². The Kier molecular flexibility index (Phi) is 7.10. The van der Waals surface area contributed by atoms with Crippen molar-refractivity contribution in [1.82, 2.24) is 4.57 Å². The van der Waals surface area contributed by atoms with Crippen LogP contribution in [0.2, 0.25) is 5.02 Å². The van der Waals surface area contributed by atoms with Crippen molar-refractivity contribution in [3.05, 3.63) is 57.4 Å². The summed E-state index contributed by atoms with van der Waals surface area (Å²) in [4.78, 5) is 24.4. The van der Waals surface area contributed by atoms with Crippen molar-refractivity contribution in [2.75, 3.05) is 20.3 Å². The van der Waals surface area contributed by atoms with E-state index in [-0.39, 0.29) is 10.6 Å². The van der Waals surface area contributed by atoms with Crippen LogP contribution < -0.4 is 0 Å². The van der Waals surface area contributed by atoms with Gasteiger partial charge in [0, 0.05) is 37.2 Å². The molecule has 1 aromatic heterocycles. The lowest BCUT2D eigenvalue weighted by Gasteiger charge is -2.09. The molecule has 8 heteroatoms. The average Bonchev–Trinajstić information content (AvgIpc) is 2.90. The summed E-state index contributed by atoms with van der Waals surface area (Å²) in [5.41, 5.74) is 1.76. The fourth-order valence-corrected chi connectivity index (χ4v) is 2.99. The number of ether oxygens (including phenoxy) is 2. The maximum Gasteiger partial charge on any atom is 0.340 e. The smallest absolute Gasteiger partial charge is 0.340 e. The minimum absolute atomic E-state index is 0.289. The van der Waals surface area contributed by atoms with Gasteiger partial charge in [0.25, 0.3) is 0 Å². The summed E-state index contributed by atoms with van der Waals surface area (Å²) in [5, 5.41) is -0.289. The van der Waals surface area contributed by atoms with E-state index in [4.69, 9.17) is 21.1 Å². The first kappa shape index (κ1) is 21.1. The normalized spacial score (nSPS) is 10.9. The predicted molar refractivity (Wildman–Crippen MR) is 96.4 cm³/mol. The first-order valence-electron chi connectivity index (χ1n) is 8.26. The number of carbonyl (C=O) groups excluding carboxylic acids is 2. The van der Waals surface area contributed by atoms with Crippen molar-refractivity contribution in [2.24, 2.45) is 0 Å². The van der Waals surface area contributed by atoms with Crippen LogP contribution in [0.25, 0.3) is 0 Å². The Balaban J connectivity index is 2.07. The number of aromatic nitrogens is 1. The van der Waals surface area contributed by atoms with Gasteiger partial charge >= 0.3 is 5.97 Å². The van der Waals surface area contributed by atoms with Gasteiger partial charge in [0.15, 0.2) is 18.2 Å². The van der Waals surface area contributed by atoms with E-state index in [1.807, 2.05) is 11.5 Å². The molecule has 0 aliphatic carbocycles. The number of aryl methyl sites for hydroxylation is 1. The van der Waals surface area contributed by atoms with Gasteiger partial charge in [0.05, 0.1) is 10.6 Å². The first-order chi connectivity index (χ1) is 12.8. The third kappa shape index (κ3) is 4.93. The number of hydrogen-bond donors (Lipinski definition) is 0. The maximum absolute atomic E-state index is 13.3. The standard InChI is InChI=1S/C19H20ClF2NO4/c1-11-7-13(12(2)23(11)5-4-6-26-3)18(24)10-27-19(25)14-8-16(21)17(22)9-15(14)20/h7-9H,4-6,10H2,1-3H3. The van der Waals surface area contributed by atoms with E-state index in [1.54, 1.807) is 20.1 Å². The van der Waals surface area contributed by atoms with E-state index in [9.17, 15) is 18.4 Å². The molecule has 2 rings (SSSR count). The second-order valence-electron chi connectivity index (χ2n) is 6.03. The Morgan fingerprint density at radius 2 is 1.78 bits per heavy atom. The Morgan fingerprint density at radius 3 is 2.44 bits per heavy atom. The van der Waals surface area contributed by atoms with Gasteiger partial charge < -0.3 is 14.0 Å². The van der Waals surface area contributed by atoms with Gasteiger partial charge in [-0.1, -0.05) is 11.6 Å². The summed E-state index contributed by atoms with van der Waals surface area (Å²) in [5.74, 6) is -3.79. The zero-order chi connectivity index (χ0) is 20.1. The Bertz CT molecular complexity index is 864. The zero-order valence-electron chi connectivity index (χ0n) is 15.3. The minimum Gasteiger partial charge on any atom is -0.454 e. The van der Waals surface area contributed by atoms with Crippen molar-refractivity contribution in [2.45, 2.75) is 26.8 Å². The van der Waals surface area contributed by atoms with Gasteiger partial charge in [0.1, 0.15) is 0 Å². The van der Waals surface area contributed by atoms with Gasteiger partial charge in [-0.05, 0) is 38.5 Å². The molecule has 0 aliphatic heterocycles. The number of rotatable bonds is 8. The maximum atomic E-state index is 13.3. The van der Waals surface area contributed by atoms with Gasteiger partial charge in [-0.15, -0.1) is 0 Å². The topological polar surface area (TPSA) is 57.5 Å². The van der Waals surface area contributed by atoms with Crippen LogP contribution in [0, 0.1) is 25.5 Å². The Morgan fingerprint density at radius 1 is 1.11 bits per heavy atom. The highest BCUT2D eigenvalue weighted by Crippen LogP contribution is 2.21. The number of ketones is 1. The van der Waals surface area contributed by atoms with E-state index in [1.165, 1.54) is 0 Å². The van der Waals surface area contributed by atoms with E-state index in [0.29, 0.717) is 30.8 Å². The molecule has 0 N–H and O–H groups in total. The van der Waals surface area contributed by atoms with E-state index in [0.717, 1.165) is 17.8 Å². The summed E-state index contributed by atoms with van der Waals surface area (Å²) in [6, 6.07) is 3.05. The van der Waals surface area contributed by atoms with Crippen LogP contribution >= 0.6 is 11.6 Å². The largest absolute Gasteiger partial charge is 0.454 e. The third-order valence-electron chi connectivity index (χ3n) is 4.17. The molecule has 0 radical (unpaired) electrons. The highest BCUT2D eigenvalue weighted by Gasteiger charge is 2.20. The quantitative estimate of drug-likeness (QED) is 0.290. The number of benzene rings is 1. The molecule has 0 spiro atoms. The van der Waals surface area contributed by atoms with Gasteiger partial charge in [-0.3, -0.25) is 4.79 Å². The lowest BCUT2D eigenvalue weighted by atomic mass is 10.1. The molecule has 2 aromatic rings. The van der Waals surface area contributed by atoms with Crippen molar-refractivity contribution in [3.63, 3.8) is 0 Å². The summed E-state index contributed by atoms with van der Waals surface area (Å²) in [6.07, 6.45) is 0.796. The number of Topliss-reactive ketones (excluding diaryl/α,β-unsaturated/α-hetero) is 1. The molecule has 0 saturated carbocycles. The number of carbonyl (C=O) groups is 2. The number of hydrogen-bond acceptors (Lipinski definition) is 4. The molecule has 0 bridgehead atoms. The number of halogens is 3. The van der Waals surface area contributed by atoms with Crippen molar-refractivity contribution in [1.29, 1.82) is 0 Å². The molecule has 5 nitrogen and oxygen atoms in total. The molecular formula is C19H20ClF2NO4. The van der Waals surface area contributed by atoms with Crippen LogP contribution in [0.15, 0.2) is 18.2 Å². The third-order valence-corrected chi connectivity index (χ3v) is 4.48. The van der Waals surface area contributed by atoms with Crippen LogP contribution in [0.5, 0.6) is 0 Å². The average molecular weight is 400 g/mol. The van der Waals surface area contributed by atoms with E-state index < -0.39 is 30.0 Å². The molecule has 0 unspecified atom stereocenters. The van der Waals surface area contributed by atoms with Crippen LogP contribution in [0.3, 0.4) is 0 Å². The van der Waals surface area contributed by atoms with Crippen LogP contribution in [0.4, 0.5) is 8.78 Å². The fraction of sp³-hybridized carbons (Fsp3) is 0.368. The molecule has 1 aromatic carbocycles. The lowest BCUT2D eigenvalue weighted by Crippen LogP contribution is -2.16. The summed E-state index contributed by atoms with van der Waals surface area (Å²) in [7, 11) is 1.62. The molecule has 146 valence electrons. The zero-order valence-corrected chi connectivity index (χ0v) is 16.0. The Labute approximate surface area is 160 Å². The second kappa shape index (κ2) is 9.10. The van der Waals surface area contributed by atoms with Crippen LogP contribution in [0.1, 0.15) is 38.5 Å². The van der Waals surface area contributed by atoms with Crippen LogP contribution in [-0.4, -0.2) is 36.6 Å². The molecule has 0 atom stereocenters. The fourth-order valence-electron chi connectivity index (χ4n) is 2.76. The first-order valence-corrected chi connectivity index (χ1v) is 8.64. The van der Waals surface area contributed by atoms with E-state index in [2.05, 4.69) is 0 Å². The molecule has 0 amide bonds. The lowest BCUT2D eigenvalue weighted by molar-refractivity contribution is 0.0474. The molecular weight excluding hydrogens is 380 g/mol. The van der Waals surface area contributed by atoms with Crippen molar-refractivity contribution >= 4 is 23.4 Å². The van der Waals surface area contributed by atoms with Gasteiger partial charge in [0.2, 0.25) is 5.78 Å². The highest BCUT2D eigenvalue weighted by molar-refractivity contribution is 6.33. The molecule has 0 aliphatic rings. The molecule has 0 saturated heterocycles.